The van der Waals surface area contributed by atoms with Gasteiger partial charge >= 0.3 is 0 Å². The van der Waals surface area contributed by atoms with Gasteiger partial charge in [0, 0.05) is 38.6 Å². The van der Waals surface area contributed by atoms with Crippen molar-refractivity contribution in [1.29, 1.82) is 0 Å². The van der Waals surface area contributed by atoms with Crippen LogP contribution in [-0.2, 0) is 21.4 Å². The van der Waals surface area contributed by atoms with E-state index in [2.05, 4.69) is 22.3 Å². The van der Waals surface area contributed by atoms with Gasteiger partial charge in [0.15, 0.2) is 0 Å². The summed E-state index contributed by atoms with van der Waals surface area (Å²) >= 11 is 0. The molecule has 1 aliphatic rings. The van der Waals surface area contributed by atoms with Gasteiger partial charge in [-0.2, -0.15) is 0 Å². The Morgan fingerprint density at radius 1 is 1.23 bits per heavy atom. The number of nitrogens with one attached hydrogen (secondary N) is 1. The van der Waals surface area contributed by atoms with Crippen LogP contribution in [0.15, 0.2) is 30.3 Å². The zero-order chi connectivity index (χ0) is 19.0. The molecule has 1 fully saturated rings. The van der Waals surface area contributed by atoms with Gasteiger partial charge in [0.05, 0.1) is 5.75 Å². The van der Waals surface area contributed by atoms with Crippen LogP contribution in [-0.4, -0.2) is 62.5 Å². The van der Waals surface area contributed by atoms with Crippen LogP contribution in [0.25, 0.3) is 0 Å². The van der Waals surface area contributed by atoms with Crippen molar-refractivity contribution in [2.45, 2.75) is 32.7 Å². The molecule has 1 N–H and O–H groups in total. The Morgan fingerprint density at radius 3 is 2.50 bits per heavy atom. The fourth-order valence-electron chi connectivity index (χ4n) is 3.27. The van der Waals surface area contributed by atoms with Gasteiger partial charge < -0.3 is 10.2 Å². The van der Waals surface area contributed by atoms with Crippen molar-refractivity contribution in [3.05, 3.63) is 35.9 Å². The van der Waals surface area contributed by atoms with E-state index in [0.29, 0.717) is 38.9 Å². The second-order valence-corrected chi connectivity index (χ2v) is 9.09. The van der Waals surface area contributed by atoms with Gasteiger partial charge in [-0.05, 0) is 31.9 Å². The summed E-state index contributed by atoms with van der Waals surface area (Å²) in [4.78, 5) is 14.5. The maximum atomic E-state index is 12.3. The predicted molar refractivity (Wildman–Crippen MR) is 104 cm³/mol. The minimum absolute atomic E-state index is 0.0469. The number of carbonyl (C=O) groups is 1. The third kappa shape index (κ3) is 6.37. The van der Waals surface area contributed by atoms with E-state index in [1.165, 1.54) is 9.87 Å². The zero-order valence-electron chi connectivity index (χ0n) is 15.9. The Kier molecular flexibility index (Phi) is 8.06. The average molecular weight is 382 g/mol. The Hall–Kier alpha value is -1.44. The third-order valence-corrected chi connectivity index (χ3v) is 6.84. The average Bonchev–Trinajstić information content (AvgIpc) is 2.62. The normalized spacial score (nSPS) is 16.7. The molecule has 0 atom stereocenters. The third-order valence-electron chi connectivity index (χ3n) is 4.77. The van der Waals surface area contributed by atoms with E-state index in [4.69, 9.17) is 0 Å². The van der Waals surface area contributed by atoms with E-state index >= 15 is 0 Å². The number of rotatable bonds is 9. The van der Waals surface area contributed by atoms with Crippen LogP contribution in [0.5, 0.6) is 0 Å². The van der Waals surface area contributed by atoms with E-state index in [-0.39, 0.29) is 17.6 Å². The number of benzene rings is 1. The molecule has 0 radical (unpaired) electrons. The van der Waals surface area contributed by atoms with Crippen molar-refractivity contribution >= 4 is 15.9 Å². The Bertz CT molecular complexity index is 656. The molecule has 0 bridgehead atoms. The predicted octanol–water partition coefficient (Wildman–Crippen LogP) is 1.69. The van der Waals surface area contributed by atoms with Crippen molar-refractivity contribution in [1.82, 2.24) is 14.5 Å². The summed E-state index contributed by atoms with van der Waals surface area (Å²) in [5.74, 6) is 0.158. The molecule has 146 valence electrons. The second-order valence-electron chi connectivity index (χ2n) is 7.00. The highest BCUT2D eigenvalue weighted by Crippen LogP contribution is 2.20. The number of hydrogen-bond acceptors (Lipinski definition) is 4. The van der Waals surface area contributed by atoms with Crippen LogP contribution < -0.4 is 5.32 Å². The van der Waals surface area contributed by atoms with Crippen molar-refractivity contribution < 1.29 is 13.2 Å². The molecule has 6 nitrogen and oxygen atoms in total. The molecule has 0 aliphatic carbocycles. The summed E-state index contributed by atoms with van der Waals surface area (Å²) in [6.45, 7) is 5.01. The highest BCUT2D eigenvalue weighted by Gasteiger charge is 2.30. The Morgan fingerprint density at radius 2 is 1.88 bits per heavy atom. The fourth-order valence-corrected chi connectivity index (χ4v) is 4.81. The number of piperidine rings is 1. The molecule has 0 aromatic heterocycles. The number of nitrogens with zero attached hydrogens (tertiary/aromatic N) is 2. The van der Waals surface area contributed by atoms with Gasteiger partial charge in [0.25, 0.3) is 0 Å². The lowest BCUT2D eigenvalue weighted by Gasteiger charge is -2.30. The summed E-state index contributed by atoms with van der Waals surface area (Å²) in [5.41, 5.74) is 1.25. The number of amides is 1. The van der Waals surface area contributed by atoms with Gasteiger partial charge in [-0.1, -0.05) is 37.3 Å². The zero-order valence-corrected chi connectivity index (χ0v) is 16.7. The number of sulfonamides is 1. The fraction of sp³-hybridized carbons (Fsp3) is 0.632. The molecule has 2 rings (SSSR count). The first-order valence-corrected chi connectivity index (χ1v) is 11.0. The molecule has 1 aliphatic heterocycles. The molecule has 26 heavy (non-hydrogen) atoms. The van der Waals surface area contributed by atoms with Gasteiger partial charge in [-0.3, -0.25) is 4.79 Å². The van der Waals surface area contributed by atoms with Crippen LogP contribution in [0.3, 0.4) is 0 Å². The largest absolute Gasteiger partial charge is 0.355 e. The highest BCUT2D eigenvalue weighted by molar-refractivity contribution is 7.89. The standard InChI is InChI=1S/C19H31N3O3S/c1-3-15-26(24,25)22-12-9-18(10-13-22)19(23)20-11-14-21(2)16-17-7-5-4-6-8-17/h4-8,18H,3,9-16H2,1-2H3,(H,20,23). The van der Waals surface area contributed by atoms with Crippen molar-refractivity contribution in [3.63, 3.8) is 0 Å². The van der Waals surface area contributed by atoms with Crippen molar-refractivity contribution in [3.8, 4) is 0 Å². The molecule has 0 saturated carbocycles. The summed E-state index contributed by atoms with van der Waals surface area (Å²) in [6.07, 6.45) is 1.84. The van der Waals surface area contributed by atoms with Crippen molar-refractivity contribution in [2.75, 3.05) is 39.0 Å². The van der Waals surface area contributed by atoms with Gasteiger partial charge in [0.1, 0.15) is 0 Å². The Balaban J connectivity index is 1.67. The van der Waals surface area contributed by atoms with Crippen LogP contribution in [0.4, 0.5) is 0 Å². The maximum absolute atomic E-state index is 12.3. The Labute approximate surface area is 157 Å². The second kappa shape index (κ2) is 10.0. The van der Waals surface area contributed by atoms with Crippen LogP contribution in [0, 0.1) is 5.92 Å². The smallest absolute Gasteiger partial charge is 0.223 e. The minimum atomic E-state index is -3.15. The van der Waals surface area contributed by atoms with Gasteiger partial charge in [-0.25, -0.2) is 12.7 Å². The number of carbonyl (C=O) groups excluding carboxylic acids is 1. The number of likely N-dealkylation sites (N-methyl/N-ethyl adjacent to an activating group) is 1. The monoisotopic (exact) mass is 381 g/mol. The van der Waals surface area contributed by atoms with Crippen LogP contribution >= 0.6 is 0 Å². The minimum Gasteiger partial charge on any atom is -0.355 e. The summed E-state index contributed by atoms with van der Waals surface area (Å²) < 4.78 is 25.7. The van der Waals surface area contributed by atoms with Gasteiger partial charge in [0.2, 0.25) is 15.9 Å². The summed E-state index contributed by atoms with van der Waals surface area (Å²) in [6, 6.07) is 10.2. The lowest BCUT2D eigenvalue weighted by atomic mass is 9.97. The van der Waals surface area contributed by atoms with Crippen LogP contribution in [0.2, 0.25) is 0 Å². The van der Waals surface area contributed by atoms with Crippen LogP contribution in [0.1, 0.15) is 31.7 Å². The lowest BCUT2D eigenvalue weighted by Crippen LogP contribution is -2.44. The molecular formula is C19H31N3O3S. The molecule has 1 aromatic carbocycles. The molecule has 1 heterocycles. The molecule has 1 saturated heterocycles. The molecule has 1 amide bonds. The molecule has 0 unspecified atom stereocenters. The maximum Gasteiger partial charge on any atom is 0.223 e. The molecule has 7 heteroatoms. The molecule has 0 spiro atoms. The SMILES string of the molecule is CCCS(=O)(=O)N1CCC(C(=O)NCCN(C)Cc2ccccc2)CC1. The summed E-state index contributed by atoms with van der Waals surface area (Å²) in [5, 5.41) is 3.00. The highest BCUT2D eigenvalue weighted by atomic mass is 32.2. The van der Waals surface area contributed by atoms with E-state index < -0.39 is 10.0 Å². The quantitative estimate of drug-likeness (QED) is 0.707. The molecule has 1 aromatic rings. The lowest BCUT2D eigenvalue weighted by molar-refractivity contribution is -0.126. The van der Waals surface area contributed by atoms with Crippen molar-refractivity contribution in [2.24, 2.45) is 5.92 Å². The van der Waals surface area contributed by atoms with E-state index in [9.17, 15) is 13.2 Å². The van der Waals surface area contributed by atoms with E-state index in [0.717, 1.165) is 13.1 Å². The topological polar surface area (TPSA) is 69.7 Å². The first kappa shape index (κ1) is 20.9. The summed E-state index contributed by atoms with van der Waals surface area (Å²) in [7, 11) is -1.11. The number of hydrogen-bond donors (Lipinski definition) is 1. The first-order valence-electron chi connectivity index (χ1n) is 9.40. The van der Waals surface area contributed by atoms with Gasteiger partial charge in [-0.15, -0.1) is 0 Å². The molecular weight excluding hydrogens is 350 g/mol. The van der Waals surface area contributed by atoms with E-state index in [1.54, 1.807) is 0 Å². The van der Waals surface area contributed by atoms with E-state index in [1.807, 2.05) is 32.2 Å². The first-order chi connectivity index (χ1) is 12.4.